The van der Waals surface area contributed by atoms with E-state index in [9.17, 15) is 0 Å². The van der Waals surface area contributed by atoms with Crippen LogP contribution >= 0.6 is 0 Å². The smallest absolute Gasteiger partial charge is 0.139 e. The molecule has 0 aromatic carbocycles. The zero-order valence-electron chi connectivity index (χ0n) is 6.62. The zero-order valence-corrected chi connectivity index (χ0v) is 6.62. The van der Waals surface area contributed by atoms with E-state index in [1.54, 1.807) is 6.26 Å². The molecule has 0 aliphatic carbocycles. The van der Waals surface area contributed by atoms with Gasteiger partial charge >= 0.3 is 0 Å². The molecule has 0 spiro atoms. The van der Waals surface area contributed by atoms with Gasteiger partial charge in [0, 0.05) is 12.8 Å². The summed E-state index contributed by atoms with van der Waals surface area (Å²) in [4.78, 5) is 0. The first-order valence-electron chi connectivity index (χ1n) is 4.00. The molecule has 0 amide bonds. The van der Waals surface area contributed by atoms with E-state index in [1.165, 1.54) is 0 Å². The SMILES string of the molecule is CC1=CCC(C2CC=CO2)O1. The van der Waals surface area contributed by atoms with E-state index in [2.05, 4.69) is 6.08 Å². The van der Waals surface area contributed by atoms with Crippen LogP contribution in [0.25, 0.3) is 0 Å². The standard InChI is InChI=1S/C9H12O2/c1-7-4-5-9(11-7)8-3-2-6-10-8/h2,4,6,8-9H,3,5H2,1H3. The van der Waals surface area contributed by atoms with Gasteiger partial charge in [0.1, 0.15) is 12.2 Å². The highest BCUT2D eigenvalue weighted by Crippen LogP contribution is 2.25. The first-order chi connectivity index (χ1) is 5.36. The fraction of sp³-hybridized carbons (Fsp3) is 0.556. The summed E-state index contributed by atoms with van der Waals surface area (Å²) in [6.07, 6.45) is 8.42. The number of allylic oxidation sites excluding steroid dienone is 1. The Morgan fingerprint density at radius 2 is 2.27 bits per heavy atom. The van der Waals surface area contributed by atoms with E-state index in [1.807, 2.05) is 13.0 Å². The van der Waals surface area contributed by atoms with Crippen LogP contribution in [0.3, 0.4) is 0 Å². The molecule has 0 saturated heterocycles. The van der Waals surface area contributed by atoms with Gasteiger partial charge in [0.25, 0.3) is 0 Å². The van der Waals surface area contributed by atoms with Crippen molar-refractivity contribution in [3.05, 3.63) is 24.2 Å². The minimum absolute atomic E-state index is 0.253. The Bertz CT molecular complexity index is 198. The van der Waals surface area contributed by atoms with Crippen molar-refractivity contribution in [3.63, 3.8) is 0 Å². The molecule has 0 fully saturated rings. The first-order valence-corrected chi connectivity index (χ1v) is 4.00. The van der Waals surface area contributed by atoms with Gasteiger partial charge in [-0.1, -0.05) is 0 Å². The predicted molar refractivity (Wildman–Crippen MR) is 41.9 cm³/mol. The largest absolute Gasteiger partial charge is 0.494 e. The normalized spacial score (nSPS) is 34.8. The van der Waals surface area contributed by atoms with Crippen LogP contribution in [0.15, 0.2) is 24.2 Å². The summed E-state index contributed by atoms with van der Waals surface area (Å²) in [6.45, 7) is 1.99. The van der Waals surface area contributed by atoms with Crippen molar-refractivity contribution < 1.29 is 9.47 Å². The van der Waals surface area contributed by atoms with Gasteiger partial charge in [-0.25, -0.2) is 0 Å². The van der Waals surface area contributed by atoms with Crippen LogP contribution < -0.4 is 0 Å². The van der Waals surface area contributed by atoms with Crippen LogP contribution in [0.5, 0.6) is 0 Å². The summed E-state index contributed by atoms with van der Waals surface area (Å²) in [5, 5.41) is 0. The first kappa shape index (κ1) is 6.77. The lowest BCUT2D eigenvalue weighted by Gasteiger charge is -2.18. The molecule has 11 heavy (non-hydrogen) atoms. The van der Waals surface area contributed by atoms with Gasteiger partial charge in [0.15, 0.2) is 0 Å². The predicted octanol–water partition coefficient (Wildman–Crippen LogP) is 1.98. The van der Waals surface area contributed by atoms with E-state index in [0.29, 0.717) is 0 Å². The van der Waals surface area contributed by atoms with Crippen molar-refractivity contribution in [1.82, 2.24) is 0 Å². The van der Waals surface area contributed by atoms with Crippen LogP contribution in [-0.4, -0.2) is 12.2 Å². The molecule has 0 saturated carbocycles. The molecule has 2 unspecified atom stereocenters. The topological polar surface area (TPSA) is 18.5 Å². The van der Waals surface area contributed by atoms with E-state index in [-0.39, 0.29) is 12.2 Å². The Morgan fingerprint density at radius 3 is 2.82 bits per heavy atom. The van der Waals surface area contributed by atoms with Gasteiger partial charge in [0.05, 0.1) is 12.0 Å². The maximum atomic E-state index is 5.54. The molecule has 0 N–H and O–H groups in total. The molecule has 60 valence electrons. The van der Waals surface area contributed by atoms with Crippen LogP contribution in [0.2, 0.25) is 0 Å². The quantitative estimate of drug-likeness (QED) is 0.572. The molecule has 2 atom stereocenters. The summed E-state index contributed by atoms with van der Waals surface area (Å²) in [7, 11) is 0. The lowest BCUT2D eigenvalue weighted by atomic mass is 10.1. The van der Waals surface area contributed by atoms with Crippen LogP contribution in [0.1, 0.15) is 19.8 Å². The molecular formula is C9H12O2. The Hall–Kier alpha value is -0.920. The van der Waals surface area contributed by atoms with Gasteiger partial charge in [-0.05, 0) is 19.1 Å². The van der Waals surface area contributed by atoms with Crippen LogP contribution in [0, 0.1) is 0 Å². The average molecular weight is 152 g/mol. The Kier molecular flexibility index (Phi) is 1.60. The maximum absolute atomic E-state index is 5.54. The third-order valence-corrected chi connectivity index (χ3v) is 2.11. The van der Waals surface area contributed by atoms with Crippen molar-refractivity contribution >= 4 is 0 Å². The van der Waals surface area contributed by atoms with Crippen molar-refractivity contribution in [3.8, 4) is 0 Å². The van der Waals surface area contributed by atoms with Crippen LogP contribution in [0.4, 0.5) is 0 Å². The molecule has 0 bridgehead atoms. The van der Waals surface area contributed by atoms with E-state index in [0.717, 1.165) is 18.6 Å². The highest BCUT2D eigenvalue weighted by molar-refractivity contribution is 5.03. The minimum Gasteiger partial charge on any atom is -0.494 e. The van der Waals surface area contributed by atoms with E-state index >= 15 is 0 Å². The minimum atomic E-state index is 0.253. The molecule has 2 rings (SSSR count). The fourth-order valence-electron chi connectivity index (χ4n) is 1.49. The van der Waals surface area contributed by atoms with Gasteiger partial charge in [-0.3, -0.25) is 0 Å². The molecule has 2 aliphatic heterocycles. The summed E-state index contributed by atoms with van der Waals surface area (Å²) < 4.78 is 10.9. The molecule has 2 aliphatic rings. The Balaban J connectivity index is 1.89. The zero-order chi connectivity index (χ0) is 7.68. The van der Waals surface area contributed by atoms with Gasteiger partial charge in [-0.15, -0.1) is 0 Å². The number of hydrogen-bond donors (Lipinski definition) is 0. The third-order valence-electron chi connectivity index (χ3n) is 2.11. The van der Waals surface area contributed by atoms with Gasteiger partial charge < -0.3 is 9.47 Å². The van der Waals surface area contributed by atoms with Gasteiger partial charge in [-0.2, -0.15) is 0 Å². The molecular weight excluding hydrogens is 140 g/mol. The molecule has 2 heterocycles. The second kappa shape index (κ2) is 2.61. The highest BCUT2D eigenvalue weighted by Gasteiger charge is 2.27. The molecule has 2 nitrogen and oxygen atoms in total. The van der Waals surface area contributed by atoms with E-state index < -0.39 is 0 Å². The second-order valence-electron chi connectivity index (χ2n) is 2.99. The lowest BCUT2D eigenvalue weighted by molar-refractivity contribution is 0.0163. The van der Waals surface area contributed by atoms with E-state index in [4.69, 9.17) is 9.47 Å². The molecule has 2 heteroatoms. The number of ether oxygens (including phenoxy) is 2. The summed E-state index contributed by atoms with van der Waals surface area (Å²) in [5.41, 5.74) is 0. The lowest BCUT2D eigenvalue weighted by Crippen LogP contribution is -2.24. The fourth-order valence-corrected chi connectivity index (χ4v) is 1.49. The van der Waals surface area contributed by atoms with Crippen molar-refractivity contribution in [2.24, 2.45) is 0 Å². The average Bonchev–Trinajstić information content (AvgIpc) is 2.55. The third kappa shape index (κ3) is 1.25. The monoisotopic (exact) mass is 152 g/mol. The second-order valence-corrected chi connectivity index (χ2v) is 2.99. The maximum Gasteiger partial charge on any atom is 0.139 e. The number of rotatable bonds is 1. The van der Waals surface area contributed by atoms with Gasteiger partial charge in [0.2, 0.25) is 0 Å². The highest BCUT2D eigenvalue weighted by atomic mass is 16.5. The molecule has 0 aromatic heterocycles. The Labute approximate surface area is 66.5 Å². The van der Waals surface area contributed by atoms with Crippen LogP contribution in [-0.2, 0) is 9.47 Å². The van der Waals surface area contributed by atoms with Crippen molar-refractivity contribution in [2.75, 3.05) is 0 Å². The summed E-state index contributed by atoms with van der Waals surface area (Å²) in [6, 6.07) is 0. The van der Waals surface area contributed by atoms with Crippen molar-refractivity contribution in [2.45, 2.75) is 32.0 Å². The van der Waals surface area contributed by atoms with Crippen molar-refractivity contribution in [1.29, 1.82) is 0 Å². The summed E-state index contributed by atoms with van der Waals surface area (Å²) >= 11 is 0. The Morgan fingerprint density at radius 1 is 1.36 bits per heavy atom. The number of hydrogen-bond acceptors (Lipinski definition) is 2. The molecule has 0 aromatic rings. The summed E-state index contributed by atoms with van der Waals surface area (Å²) in [5.74, 6) is 1.03. The molecule has 0 radical (unpaired) electrons.